The number of nitrogens with one attached hydrogen (secondary N) is 1. The van der Waals surface area contributed by atoms with Gasteiger partial charge in [0.25, 0.3) is 0 Å². The number of nitrogens with two attached hydrogens (primary N) is 1. The minimum absolute atomic E-state index is 0. The Kier molecular flexibility index (Phi) is 5.97. The van der Waals surface area contributed by atoms with E-state index in [2.05, 4.69) is 9.82 Å². The first-order chi connectivity index (χ1) is 11.0. The van der Waals surface area contributed by atoms with Crippen LogP contribution in [0.1, 0.15) is 25.7 Å². The minimum atomic E-state index is -3.67. The second-order valence-electron chi connectivity index (χ2n) is 5.81. The molecular weight excluding hydrogens is 355 g/mol. The Labute approximate surface area is 146 Å². The van der Waals surface area contributed by atoms with E-state index in [1.807, 2.05) is 0 Å². The first-order valence-electron chi connectivity index (χ1n) is 7.53. The molecule has 0 atom stereocenters. The van der Waals surface area contributed by atoms with Gasteiger partial charge in [0.15, 0.2) is 0 Å². The molecule has 3 rings (SSSR count). The molecule has 24 heavy (non-hydrogen) atoms. The molecule has 1 aliphatic rings. The second kappa shape index (κ2) is 7.60. The summed E-state index contributed by atoms with van der Waals surface area (Å²) in [7, 11) is -3.67. The Bertz CT molecular complexity index is 788. The van der Waals surface area contributed by atoms with Crippen molar-refractivity contribution in [3.8, 4) is 5.69 Å². The zero-order chi connectivity index (χ0) is 16.4. The van der Waals surface area contributed by atoms with Gasteiger partial charge in [-0.1, -0.05) is 12.1 Å². The largest absolute Gasteiger partial charge is 0.328 e. The van der Waals surface area contributed by atoms with Crippen LogP contribution in [0.25, 0.3) is 5.69 Å². The van der Waals surface area contributed by atoms with Gasteiger partial charge >= 0.3 is 0 Å². The van der Waals surface area contributed by atoms with Crippen LogP contribution < -0.4 is 10.5 Å². The fourth-order valence-electron chi connectivity index (χ4n) is 2.74. The Hall–Kier alpha value is -1.48. The lowest BCUT2D eigenvalue weighted by Gasteiger charge is -2.26. The van der Waals surface area contributed by atoms with Gasteiger partial charge in [0.2, 0.25) is 10.0 Å². The lowest BCUT2D eigenvalue weighted by molar-refractivity contribution is 0.373. The molecule has 9 heteroatoms. The zero-order valence-electron chi connectivity index (χ0n) is 12.9. The fourth-order valence-corrected chi connectivity index (χ4v) is 3.97. The van der Waals surface area contributed by atoms with E-state index in [4.69, 9.17) is 5.73 Å². The number of hydrogen-bond acceptors (Lipinski definition) is 4. The number of hydrogen-bond donors (Lipinski definition) is 2. The molecule has 0 spiro atoms. The Morgan fingerprint density at radius 1 is 1.21 bits per heavy atom. The van der Waals surface area contributed by atoms with Crippen LogP contribution in [0.2, 0.25) is 0 Å². The SMILES string of the molecule is Cl.NC1CCC(NS(=O)(=O)c2cnn(-c3ccccc3F)c2)CC1. The summed E-state index contributed by atoms with van der Waals surface area (Å²) in [6, 6.07) is 6.10. The van der Waals surface area contributed by atoms with Crippen molar-refractivity contribution < 1.29 is 12.8 Å². The third kappa shape index (κ3) is 4.13. The quantitative estimate of drug-likeness (QED) is 0.856. The van der Waals surface area contributed by atoms with E-state index in [0.717, 1.165) is 25.7 Å². The van der Waals surface area contributed by atoms with Crippen LogP contribution in [-0.4, -0.2) is 30.3 Å². The maximum Gasteiger partial charge on any atom is 0.243 e. The molecule has 0 bridgehead atoms. The molecule has 132 valence electrons. The summed E-state index contributed by atoms with van der Waals surface area (Å²) in [5, 5.41) is 3.96. The summed E-state index contributed by atoms with van der Waals surface area (Å²) >= 11 is 0. The molecule has 6 nitrogen and oxygen atoms in total. The molecule has 1 aromatic carbocycles. The highest BCUT2D eigenvalue weighted by atomic mass is 35.5. The standard InChI is InChI=1S/C15H19FN4O2S.ClH/c16-14-3-1-2-4-15(14)20-10-13(9-18-20)23(21,22)19-12-7-5-11(17)6-8-12;/h1-4,9-12,19H,5-8,17H2;1H. The summed E-state index contributed by atoms with van der Waals surface area (Å²) in [6.45, 7) is 0. The van der Waals surface area contributed by atoms with Gasteiger partial charge in [-0.25, -0.2) is 22.2 Å². The van der Waals surface area contributed by atoms with Crippen molar-refractivity contribution in [2.75, 3.05) is 0 Å². The Morgan fingerprint density at radius 3 is 2.54 bits per heavy atom. The first kappa shape index (κ1) is 18.9. The van der Waals surface area contributed by atoms with Crippen LogP contribution in [0.4, 0.5) is 4.39 Å². The van der Waals surface area contributed by atoms with Gasteiger partial charge in [-0.15, -0.1) is 12.4 Å². The minimum Gasteiger partial charge on any atom is -0.328 e. The van der Waals surface area contributed by atoms with Gasteiger partial charge in [-0.2, -0.15) is 5.10 Å². The molecule has 0 saturated heterocycles. The number of benzene rings is 1. The highest BCUT2D eigenvalue weighted by molar-refractivity contribution is 7.89. The van der Waals surface area contributed by atoms with E-state index in [1.54, 1.807) is 12.1 Å². The van der Waals surface area contributed by atoms with E-state index >= 15 is 0 Å². The normalized spacial score (nSPS) is 21.2. The van der Waals surface area contributed by atoms with Crippen molar-refractivity contribution in [2.24, 2.45) is 5.73 Å². The van der Waals surface area contributed by atoms with E-state index in [0.29, 0.717) is 0 Å². The Balaban J connectivity index is 0.00000208. The maximum atomic E-state index is 13.8. The van der Waals surface area contributed by atoms with Crippen LogP contribution in [0.5, 0.6) is 0 Å². The summed E-state index contributed by atoms with van der Waals surface area (Å²) < 4.78 is 42.5. The number of aromatic nitrogens is 2. The van der Waals surface area contributed by atoms with Crippen molar-refractivity contribution in [2.45, 2.75) is 42.7 Å². The van der Waals surface area contributed by atoms with Crippen LogP contribution in [0.15, 0.2) is 41.6 Å². The summed E-state index contributed by atoms with van der Waals surface area (Å²) in [4.78, 5) is 0.0237. The molecule has 2 aromatic rings. The van der Waals surface area contributed by atoms with Crippen LogP contribution in [-0.2, 0) is 10.0 Å². The molecule has 0 unspecified atom stereocenters. The molecule has 0 radical (unpaired) electrons. The molecule has 1 fully saturated rings. The van der Waals surface area contributed by atoms with Gasteiger partial charge in [0.1, 0.15) is 16.4 Å². The number of sulfonamides is 1. The molecule has 1 aromatic heterocycles. The third-order valence-corrected chi connectivity index (χ3v) is 5.54. The van der Waals surface area contributed by atoms with Crippen molar-refractivity contribution in [1.29, 1.82) is 0 Å². The first-order valence-corrected chi connectivity index (χ1v) is 9.01. The van der Waals surface area contributed by atoms with Crippen LogP contribution in [0, 0.1) is 5.82 Å². The number of halogens is 2. The summed E-state index contributed by atoms with van der Waals surface area (Å²) in [5.74, 6) is -0.464. The zero-order valence-corrected chi connectivity index (χ0v) is 14.6. The second-order valence-corrected chi connectivity index (χ2v) is 7.52. The Morgan fingerprint density at radius 2 is 1.88 bits per heavy atom. The van der Waals surface area contributed by atoms with Gasteiger partial charge in [-0.05, 0) is 37.8 Å². The van der Waals surface area contributed by atoms with Gasteiger partial charge in [0.05, 0.1) is 12.4 Å². The summed E-state index contributed by atoms with van der Waals surface area (Å²) in [6.07, 6.45) is 5.60. The molecule has 0 aliphatic heterocycles. The maximum absolute atomic E-state index is 13.8. The number of nitrogens with zero attached hydrogens (tertiary/aromatic N) is 2. The van der Waals surface area contributed by atoms with Crippen molar-refractivity contribution in [3.05, 3.63) is 42.5 Å². The van der Waals surface area contributed by atoms with E-state index in [-0.39, 0.29) is 35.1 Å². The summed E-state index contributed by atoms with van der Waals surface area (Å²) in [5.41, 5.74) is 6.03. The fraction of sp³-hybridized carbons (Fsp3) is 0.400. The van der Waals surface area contributed by atoms with Crippen molar-refractivity contribution >= 4 is 22.4 Å². The molecule has 3 N–H and O–H groups in total. The lowest BCUT2D eigenvalue weighted by Crippen LogP contribution is -2.40. The van der Waals surface area contributed by atoms with Crippen LogP contribution in [0.3, 0.4) is 0 Å². The van der Waals surface area contributed by atoms with Gasteiger partial charge < -0.3 is 5.73 Å². The highest BCUT2D eigenvalue weighted by Gasteiger charge is 2.25. The lowest BCUT2D eigenvalue weighted by atomic mass is 9.93. The topological polar surface area (TPSA) is 90.0 Å². The van der Waals surface area contributed by atoms with Crippen LogP contribution >= 0.6 is 12.4 Å². The van der Waals surface area contributed by atoms with E-state index in [9.17, 15) is 12.8 Å². The third-order valence-electron chi connectivity index (χ3n) is 4.06. The molecule has 1 saturated carbocycles. The van der Waals surface area contributed by atoms with Gasteiger partial charge in [0, 0.05) is 12.1 Å². The highest BCUT2D eigenvalue weighted by Crippen LogP contribution is 2.20. The molecule has 0 amide bonds. The van der Waals surface area contributed by atoms with Crippen molar-refractivity contribution in [1.82, 2.24) is 14.5 Å². The number of rotatable bonds is 4. The van der Waals surface area contributed by atoms with Gasteiger partial charge in [-0.3, -0.25) is 0 Å². The van der Waals surface area contributed by atoms with E-state index in [1.165, 1.54) is 29.2 Å². The predicted octanol–water partition coefficient (Wildman–Crippen LogP) is 1.98. The molecule has 1 heterocycles. The smallest absolute Gasteiger partial charge is 0.243 e. The van der Waals surface area contributed by atoms with Crippen molar-refractivity contribution in [3.63, 3.8) is 0 Å². The monoisotopic (exact) mass is 374 g/mol. The van der Waals surface area contributed by atoms with E-state index < -0.39 is 15.8 Å². The predicted molar refractivity (Wildman–Crippen MR) is 91.3 cm³/mol. The molecule has 1 aliphatic carbocycles. The average molecular weight is 375 g/mol. The number of para-hydroxylation sites is 1. The average Bonchev–Trinajstić information content (AvgIpc) is 3.00. The molecular formula is C15H20ClFN4O2S.